The van der Waals surface area contributed by atoms with Gasteiger partial charge < -0.3 is 4.74 Å². The molecule has 1 unspecified atom stereocenters. The monoisotopic (exact) mass is 295 g/mol. The summed E-state index contributed by atoms with van der Waals surface area (Å²) < 4.78 is 19.7. The first-order chi connectivity index (χ1) is 9.70. The smallest absolute Gasteiger partial charge is 0.187 e. The number of halogens is 1. The van der Waals surface area contributed by atoms with Crippen LogP contribution in [-0.2, 0) is 4.74 Å². The van der Waals surface area contributed by atoms with Crippen molar-refractivity contribution >= 4 is 17.5 Å². The van der Waals surface area contributed by atoms with E-state index in [0.717, 1.165) is 24.3 Å². The number of carbonyl (C=O) groups excluding carboxylic acids is 1. The van der Waals surface area contributed by atoms with Gasteiger partial charge in [-0.15, -0.1) is 0 Å². The summed E-state index contributed by atoms with van der Waals surface area (Å²) in [5.41, 5.74) is -0.172. The van der Waals surface area contributed by atoms with E-state index < -0.39 is 5.82 Å². The second kappa shape index (κ2) is 5.82. The van der Waals surface area contributed by atoms with Gasteiger partial charge in [0.15, 0.2) is 11.6 Å². The van der Waals surface area contributed by atoms with Crippen molar-refractivity contribution in [3.63, 3.8) is 0 Å². The van der Waals surface area contributed by atoms with E-state index in [2.05, 4.69) is 4.98 Å². The lowest BCUT2D eigenvalue weighted by Crippen LogP contribution is -2.44. The Morgan fingerprint density at radius 3 is 3.00 bits per heavy atom. The molecule has 2 saturated heterocycles. The first-order valence-corrected chi connectivity index (χ1v) is 8.22. The second-order valence-electron chi connectivity index (χ2n) is 5.53. The van der Waals surface area contributed by atoms with Gasteiger partial charge in [-0.2, -0.15) is 11.8 Å². The molecule has 0 radical (unpaired) electrons. The second-order valence-corrected chi connectivity index (χ2v) is 6.76. The predicted molar refractivity (Wildman–Crippen MR) is 76.5 cm³/mol. The van der Waals surface area contributed by atoms with Crippen molar-refractivity contribution in [2.45, 2.75) is 31.3 Å². The molecule has 1 atom stereocenters. The van der Waals surface area contributed by atoms with Crippen molar-refractivity contribution in [3.05, 3.63) is 29.8 Å². The van der Waals surface area contributed by atoms with Gasteiger partial charge in [0.2, 0.25) is 0 Å². The molecule has 0 saturated carbocycles. The molecule has 0 aliphatic carbocycles. The minimum atomic E-state index is -0.516. The molecule has 3 rings (SSSR count). The molecule has 0 amide bonds. The molecule has 2 aliphatic heterocycles. The van der Waals surface area contributed by atoms with Crippen molar-refractivity contribution in [1.29, 1.82) is 0 Å². The lowest BCUT2D eigenvalue weighted by atomic mass is 9.79. The third-order valence-corrected chi connectivity index (χ3v) is 5.25. The number of hydrogen-bond donors (Lipinski definition) is 0. The van der Waals surface area contributed by atoms with Gasteiger partial charge in [0.05, 0.1) is 5.60 Å². The van der Waals surface area contributed by atoms with Crippen LogP contribution in [0, 0.1) is 11.7 Å². The third kappa shape index (κ3) is 2.74. The van der Waals surface area contributed by atoms with Gasteiger partial charge in [0.25, 0.3) is 0 Å². The highest BCUT2D eigenvalue weighted by Crippen LogP contribution is 2.40. The molecule has 0 aromatic carbocycles. The number of thioether (sulfide) groups is 1. The number of carbonyl (C=O) groups is 1. The van der Waals surface area contributed by atoms with Crippen LogP contribution in [0.4, 0.5) is 4.39 Å². The average molecular weight is 295 g/mol. The Bertz CT molecular complexity index is 497. The van der Waals surface area contributed by atoms with Gasteiger partial charge in [0.1, 0.15) is 5.69 Å². The molecule has 1 aromatic rings. The Morgan fingerprint density at radius 2 is 2.25 bits per heavy atom. The van der Waals surface area contributed by atoms with E-state index in [4.69, 9.17) is 4.74 Å². The zero-order valence-electron chi connectivity index (χ0n) is 11.3. The fourth-order valence-corrected chi connectivity index (χ4v) is 4.34. The van der Waals surface area contributed by atoms with Crippen LogP contribution in [0.25, 0.3) is 0 Å². The summed E-state index contributed by atoms with van der Waals surface area (Å²) in [7, 11) is 0. The van der Waals surface area contributed by atoms with Gasteiger partial charge >= 0.3 is 0 Å². The molecule has 20 heavy (non-hydrogen) atoms. The summed E-state index contributed by atoms with van der Waals surface area (Å²) in [5, 5.41) is 0. The topological polar surface area (TPSA) is 39.2 Å². The van der Waals surface area contributed by atoms with Gasteiger partial charge in [0, 0.05) is 18.7 Å². The summed E-state index contributed by atoms with van der Waals surface area (Å²) in [6.45, 7) is 0.593. The Kier molecular flexibility index (Phi) is 4.08. The number of aromatic nitrogens is 1. The van der Waals surface area contributed by atoms with Gasteiger partial charge in [-0.05, 0) is 49.3 Å². The highest BCUT2D eigenvalue weighted by molar-refractivity contribution is 7.99. The normalized spacial score (nSPS) is 25.6. The van der Waals surface area contributed by atoms with Crippen molar-refractivity contribution in [1.82, 2.24) is 4.98 Å². The molecular formula is C15H18FNO2S. The molecule has 3 heterocycles. The van der Waals surface area contributed by atoms with E-state index in [9.17, 15) is 9.18 Å². The molecule has 108 valence electrons. The number of pyridine rings is 1. The first kappa shape index (κ1) is 14.0. The Balaban J connectivity index is 1.77. The van der Waals surface area contributed by atoms with Crippen LogP contribution in [-0.4, -0.2) is 34.5 Å². The predicted octanol–water partition coefficient (Wildman–Crippen LogP) is 3.10. The number of nitrogens with zero attached hydrogens (tertiary/aromatic N) is 1. The van der Waals surface area contributed by atoms with E-state index in [1.54, 1.807) is 0 Å². The van der Waals surface area contributed by atoms with Gasteiger partial charge in [-0.1, -0.05) is 0 Å². The fourth-order valence-electron chi connectivity index (χ4n) is 3.10. The van der Waals surface area contributed by atoms with E-state index >= 15 is 0 Å². The van der Waals surface area contributed by atoms with E-state index in [0.29, 0.717) is 19.4 Å². The average Bonchev–Trinajstić information content (AvgIpc) is 2.48. The Labute approximate surface area is 122 Å². The highest BCUT2D eigenvalue weighted by atomic mass is 32.2. The lowest BCUT2D eigenvalue weighted by molar-refractivity contribution is -0.0960. The SMILES string of the molecule is O=C(c1ncccc1F)C1CCOC2(CCSCC2)C1. The first-order valence-electron chi connectivity index (χ1n) is 7.07. The zero-order chi connectivity index (χ0) is 14.0. The van der Waals surface area contributed by atoms with Crippen molar-refractivity contribution in [2.24, 2.45) is 5.92 Å². The quantitative estimate of drug-likeness (QED) is 0.786. The lowest BCUT2D eigenvalue weighted by Gasteiger charge is -2.42. The zero-order valence-corrected chi connectivity index (χ0v) is 12.1. The molecule has 2 aliphatic rings. The van der Waals surface area contributed by atoms with Crippen LogP contribution in [0.2, 0.25) is 0 Å². The molecule has 1 spiro atoms. The minimum Gasteiger partial charge on any atom is -0.375 e. The summed E-state index contributed by atoms with van der Waals surface area (Å²) in [5.74, 6) is 1.33. The summed E-state index contributed by atoms with van der Waals surface area (Å²) >= 11 is 1.93. The molecule has 0 N–H and O–H groups in total. The van der Waals surface area contributed by atoms with Crippen LogP contribution in [0.1, 0.15) is 36.2 Å². The van der Waals surface area contributed by atoms with Crippen LogP contribution < -0.4 is 0 Å². The minimum absolute atomic E-state index is 0.0141. The molecule has 5 heteroatoms. The molecule has 1 aromatic heterocycles. The Morgan fingerprint density at radius 1 is 1.45 bits per heavy atom. The van der Waals surface area contributed by atoms with Crippen molar-refractivity contribution in [2.75, 3.05) is 18.1 Å². The van der Waals surface area contributed by atoms with Crippen LogP contribution in [0.5, 0.6) is 0 Å². The van der Waals surface area contributed by atoms with E-state index in [-0.39, 0.29) is 23.0 Å². The number of rotatable bonds is 2. The van der Waals surface area contributed by atoms with Gasteiger partial charge in [-0.25, -0.2) is 4.39 Å². The maximum absolute atomic E-state index is 13.7. The summed E-state index contributed by atoms with van der Waals surface area (Å²) in [6, 6.07) is 2.81. The highest BCUT2D eigenvalue weighted by Gasteiger charge is 2.41. The number of ether oxygens (including phenoxy) is 1. The largest absolute Gasteiger partial charge is 0.375 e. The third-order valence-electron chi connectivity index (χ3n) is 4.26. The van der Waals surface area contributed by atoms with Crippen LogP contribution in [0.3, 0.4) is 0 Å². The number of hydrogen-bond acceptors (Lipinski definition) is 4. The standard InChI is InChI=1S/C15H18FNO2S/c16-12-2-1-6-17-13(12)14(18)11-3-7-19-15(10-11)4-8-20-9-5-15/h1-2,6,11H,3-5,7-10H2. The molecular weight excluding hydrogens is 277 g/mol. The maximum Gasteiger partial charge on any atom is 0.187 e. The molecule has 2 fully saturated rings. The van der Waals surface area contributed by atoms with E-state index in [1.165, 1.54) is 18.3 Å². The van der Waals surface area contributed by atoms with Gasteiger partial charge in [-0.3, -0.25) is 9.78 Å². The van der Waals surface area contributed by atoms with Crippen LogP contribution in [0.15, 0.2) is 18.3 Å². The maximum atomic E-state index is 13.7. The molecule has 0 bridgehead atoms. The molecule has 3 nitrogen and oxygen atoms in total. The summed E-state index contributed by atoms with van der Waals surface area (Å²) in [6.07, 6.45) is 4.84. The van der Waals surface area contributed by atoms with E-state index in [1.807, 2.05) is 11.8 Å². The fraction of sp³-hybridized carbons (Fsp3) is 0.600. The Hall–Kier alpha value is -0.940. The summed E-state index contributed by atoms with van der Waals surface area (Å²) in [4.78, 5) is 16.4. The van der Waals surface area contributed by atoms with Crippen LogP contribution >= 0.6 is 11.8 Å². The number of Topliss-reactive ketones (excluding diaryl/α,β-unsaturated/α-hetero) is 1. The van der Waals surface area contributed by atoms with Crippen molar-refractivity contribution in [3.8, 4) is 0 Å². The van der Waals surface area contributed by atoms with Crippen molar-refractivity contribution < 1.29 is 13.9 Å². The number of ketones is 1.